The number of rotatable bonds is 3. The summed E-state index contributed by atoms with van der Waals surface area (Å²) >= 11 is 0. The highest BCUT2D eigenvalue weighted by Gasteiger charge is 2.48. The van der Waals surface area contributed by atoms with Crippen LogP contribution in [0.4, 0.5) is 0 Å². The van der Waals surface area contributed by atoms with Gasteiger partial charge in [-0.05, 0) is 69.6 Å². The molecule has 4 saturated carbocycles. The molecule has 90 valence electrons. The van der Waals surface area contributed by atoms with Crippen molar-refractivity contribution in [2.45, 2.75) is 52.1 Å². The summed E-state index contributed by atoms with van der Waals surface area (Å²) in [5, 5.41) is 0. The Bertz CT molecular complexity index is 265. The van der Waals surface area contributed by atoms with Gasteiger partial charge in [-0.1, -0.05) is 11.3 Å². The molecule has 0 unspecified atom stereocenters. The summed E-state index contributed by atoms with van der Waals surface area (Å²) in [6.07, 6.45) is 8.16. The van der Waals surface area contributed by atoms with Crippen LogP contribution < -0.4 is 0 Å². The van der Waals surface area contributed by atoms with Gasteiger partial charge in [0.05, 0.1) is 6.10 Å². The molecule has 0 aliphatic heterocycles. The second kappa shape index (κ2) is 4.30. The first-order valence-corrected chi connectivity index (χ1v) is 8.36. The molecule has 2 heteroatoms. The molecular formula is C14H24OSi. The lowest BCUT2D eigenvalue weighted by Crippen LogP contribution is -2.49. The van der Waals surface area contributed by atoms with E-state index in [0.717, 1.165) is 23.7 Å². The van der Waals surface area contributed by atoms with E-state index in [9.17, 15) is 0 Å². The van der Waals surface area contributed by atoms with Gasteiger partial charge in [-0.25, -0.2) is 0 Å². The van der Waals surface area contributed by atoms with E-state index in [2.05, 4.69) is 19.5 Å². The number of hydrogen-bond acceptors (Lipinski definition) is 1. The van der Waals surface area contributed by atoms with Crippen molar-refractivity contribution in [1.29, 1.82) is 0 Å². The molecule has 4 fully saturated rings. The van der Waals surface area contributed by atoms with E-state index in [4.69, 9.17) is 4.43 Å². The second-order valence-corrected chi connectivity index (χ2v) is 7.59. The van der Waals surface area contributed by atoms with Crippen LogP contribution in [0.15, 0.2) is 11.3 Å². The van der Waals surface area contributed by atoms with Crippen molar-refractivity contribution in [2.24, 2.45) is 23.7 Å². The van der Waals surface area contributed by atoms with Gasteiger partial charge in [0.2, 0.25) is 0 Å². The maximum atomic E-state index is 6.29. The van der Waals surface area contributed by atoms with Crippen LogP contribution in [0.1, 0.15) is 46.0 Å². The van der Waals surface area contributed by atoms with Crippen molar-refractivity contribution >= 4 is 9.76 Å². The molecule has 0 radical (unpaired) electrons. The van der Waals surface area contributed by atoms with Crippen LogP contribution in [0.2, 0.25) is 0 Å². The summed E-state index contributed by atoms with van der Waals surface area (Å²) in [5.41, 5.74) is 3.81. The van der Waals surface area contributed by atoms with Gasteiger partial charge in [-0.2, -0.15) is 0 Å². The molecule has 0 aromatic rings. The smallest absolute Gasteiger partial charge is 0.185 e. The maximum Gasteiger partial charge on any atom is 0.185 e. The van der Waals surface area contributed by atoms with Crippen molar-refractivity contribution < 1.29 is 4.43 Å². The zero-order chi connectivity index (χ0) is 11.1. The molecule has 16 heavy (non-hydrogen) atoms. The van der Waals surface area contributed by atoms with Gasteiger partial charge in [0.15, 0.2) is 9.76 Å². The highest BCUT2D eigenvalue weighted by atomic mass is 28.2. The zero-order valence-electron chi connectivity index (χ0n) is 10.6. The minimum absolute atomic E-state index is 0.384. The molecule has 0 heterocycles. The van der Waals surface area contributed by atoms with Crippen LogP contribution in [0.5, 0.6) is 0 Å². The van der Waals surface area contributed by atoms with Crippen LogP contribution in [0, 0.1) is 23.7 Å². The molecule has 4 rings (SSSR count). The highest BCUT2D eigenvalue weighted by Crippen LogP contribution is 2.54. The fraction of sp³-hybridized carbons (Fsp3) is 0.857. The molecule has 0 spiro atoms. The van der Waals surface area contributed by atoms with E-state index in [1.807, 2.05) is 0 Å². The summed E-state index contributed by atoms with van der Waals surface area (Å²) in [4.78, 5) is 0. The van der Waals surface area contributed by atoms with E-state index in [-0.39, 0.29) is 9.76 Å². The van der Waals surface area contributed by atoms with Gasteiger partial charge in [0.1, 0.15) is 0 Å². The SMILES string of the molecule is CC(C)=C[SiH2]OC1C2CC3CC(C2)CC1C3. The van der Waals surface area contributed by atoms with Crippen molar-refractivity contribution in [3.05, 3.63) is 11.3 Å². The largest absolute Gasteiger partial charge is 0.416 e. The third-order valence-corrected chi connectivity index (χ3v) is 6.48. The first kappa shape index (κ1) is 11.0. The van der Waals surface area contributed by atoms with Crippen molar-refractivity contribution in [3.63, 3.8) is 0 Å². The normalized spacial score (nSPS) is 45.5. The zero-order valence-corrected chi connectivity index (χ0v) is 12.0. The summed E-state index contributed by atoms with van der Waals surface area (Å²) in [7, 11) is -0.384. The molecule has 0 atom stereocenters. The van der Waals surface area contributed by atoms with Crippen LogP contribution >= 0.6 is 0 Å². The van der Waals surface area contributed by atoms with Gasteiger partial charge in [-0.15, -0.1) is 0 Å². The third kappa shape index (κ3) is 2.02. The van der Waals surface area contributed by atoms with Crippen molar-refractivity contribution in [1.82, 2.24) is 0 Å². The van der Waals surface area contributed by atoms with Crippen LogP contribution in [-0.2, 0) is 4.43 Å². The highest BCUT2D eigenvalue weighted by molar-refractivity contribution is 6.34. The topological polar surface area (TPSA) is 9.23 Å². The first-order valence-electron chi connectivity index (χ1n) is 6.97. The minimum Gasteiger partial charge on any atom is -0.416 e. The number of hydrogen-bond donors (Lipinski definition) is 0. The van der Waals surface area contributed by atoms with Gasteiger partial charge in [-0.3, -0.25) is 0 Å². The van der Waals surface area contributed by atoms with E-state index in [0.29, 0.717) is 6.10 Å². The Kier molecular flexibility index (Phi) is 2.97. The van der Waals surface area contributed by atoms with Crippen LogP contribution in [-0.4, -0.2) is 15.9 Å². The molecule has 0 aromatic heterocycles. The Hall–Kier alpha value is -0.0831. The first-order chi connectivity index (χ1) is 7.72. The Balaban J connectivity index is 1.61. The fourth-order valence-electron chi connectivity index (χ4n) is 4.47. The van der Waals surface area contributed by atoms with E-state index >= 15 is 0 Å². The summed E-state index contributed by atoms with van der Waals surface area (Å²) in [6, 6.07) is 0. The van der Waals surface area contributed by atoms with Crippen molar-refractivity contribution in [2.75, 3.05) is 0 Å². The van der Waals surface area contributed by atoms with Crippen molar-refractivity contribution in [3.8, 4) is 0 Å². The second-order valence-electron chi connectivity index (χ2n) is 6.51. The molecule has 0 amide bonds. The lowest BCUT2D eigenvalue weighted by atomic mass is 9.55. The molecule has 0 aromatic carbocycles. The monoisotopic (exact) mass is 236 g/mol. The molecule has 0 N–H and O–H groups in total. The molecule has 4 bridgehead atoms. The average Bonchev–Trinajstić information content (AvgIpc) is 2.20. The molecule has 0 saturated heterocycles. The van der Waals surface area contributed by atoms with Gasteiger partial charge < -0.3 is 4.43 Å². The predicted molar refractivity (Wildman–Crippen MR) is 69.9 cm³/mol. The Labute approximate surface area is 102 Å². The van der Waals surface area contributed by atoms with E-state index in [1.165, 1.54) is 31.3 Å². The van der Waals surface area contributed by atoms with E-state index < -0.39 is 0 Å². The van der Waals surface area contributed by atoms with Gasteiger partial charge in [0.25, 0.3) is 0 Å². The molecule has 4 aliphatic carbocycles. The Morgan fingerprint density at radius 2 is 1.56 bits per heavy atom. The standard InChI is InChI=1S/C14H24OSi/c1-9(2)8-16-15-14-12-4-10-3-11(6-12)7-13(14)5-10/h8,10-14H,3-7,16H2,1-2H3. The third-order valence-electron chi connectivity index (χ3n) is 4.92. The Morgan fingerprint density at radius 3 is 2.06 bits per heavy atom. The molecule has 4 aliphatic rings. The lowest BCUT2D eigenvalue weighted by molar-refractivity contribution is -0.0779. The minimum atomic E-state index is -0.384. The summed E-state index contributed by atoms with van der Waals surface area (Å²) in [5.74, 6) is 4.03. The predicted octanol–water partition coefficient (Wildman–Crippen LogP) is 2.84. The summed E-state index contributed by atoms with van der Waals surface area (Å²) < 4.78 is 6.29. The van der Waals surface area contributed by atoms with Crippen LogP contribution in [0.3, 0.4) is 0 Å². The van der Waals surface area contributed by atoms with Crippen LogP contribution in [0.25, 0.3) is 0 Å². The quantitative estimate of drug-likeness (QED) is 0.685. The van der Waals surface area contributed by atoms with E-state index in [1.54, 1.807) is 6.42 Å². The fourth-order valence-corrected chi connectivity index (χ4v) is 5.67. The van der Waals surface area contributed by atoms with Gasteiger partial charge >= 0.3 is 0 Å². The molecule has 1 nitrogen and oxygen atoms in total. The van der Waals surface area contributed by atoms with Gasteiger partial charge in [0, 0.05) is 0 Å². The molecular weight excluding hydrogens is 212 g/mol. The number of allylic oxidation sites excluding steroid dienone is 1. The summed E-state index contributed by atoms with van der Waals surface area (Å²) in [6.45, 7) is 4.38. The average molecular weight is 236 g/mol. The Morgan fingerprint density at radius 1 is 1.00 bits per heavy atom. The lowest BCUT2D eigenvalue weighted by Gasteiger charge is -2.54. The maximum absolute atomic E-state index is 6.29.